The Labute approximate surface area is 97.9 Å². The topological polar surface area (TPSA) is 91.0 Å². The molecular formula is C11H13NO5. The highest BCUT2D eigenvalue weighted by Gasteiger charge is 2.28. The predicted molar refractivity (Wildman–Crippen MR) is 57.9 cm³/mol. The van der Waals surface area contributed by atoms with Crippen LogP contribution in [-0.4, -0.2) is 36.6 Å². The lowest BCUT2D eigenvalue weighted by Crippen LogP contribution is -2.42. The van der Waals surface area contributed by atoms with Crippen molar-refractivity contribution in [1.29, 1.82) is 0 Å². The second-order valence-electron chi connectivity index (χ2n) is 3.61. The molecule has 0 radical (unpaired) electrons. The molecule has 1 amide bonds. The van der Waals surface area contributed by atoms with Gasteiger partial charge in [-0.1, -0.05) is 12.1 Å². The van der Waals surface area contributed by atoms with Gasteiger partial charge in [-0.2, -0.15) is 0 Å². The van der Waals surface area contributed by atoms with Crippen LogP contribution in [-0.2, 0) is 4.74 Å². The van der Waals surface area contributed by atoms with E-state index >= 15 is 0 Å². The van der Waals surface area contributed by atoms with Gasteiger partial charge >= 0.3 is 6.09 Å². The lowest BCUT2D eigenvalue weighted by molar-refractivity contribution is -0.0370. The van der Waals surface area contributed by atoms with Crippen LogP contribution in [0.5, 0.6) is 11.5 Å². The minimum atomic E-state index is -0.976. The first-order valence-corrected chi connectivity index (χ1v) is 5.15. The lowest BCUT2D eigenvalue weighted by atomic mass is 10.2. The summed E-state index contributed by atoms with van der Waals surface area (Å²) in [6, 6.07) is 7.15. The molecule has 6 heteroatoms. The van der Waals surface area contributed by atoms with E-state index in [2.05, 4.69) is 4.74 Å². The van der Waals surface area contributed by atoms with E-state index in [0.29, 0.717) is 11.5 Å². The predicted octanol–water partition coefficient (Wildman–Crippen LogP) is 0.283. The van der Waals surface area contributed by atoms with Crippen LogP contribution in [0.25, 0.3) is 0 Å². The van der Waals surface area contributed by atoms with E-state index < -0.39 is 18.3 Å². The number of para-hydroxylation sites is 2. The zero-order valence-corrected chi connectivity index (χ0v) is 9.04. The van der Waals surface area contributed by atoms with E-state index in [9.17, 15) is 9.90 Å². The number of carbonyl (C=O) groups is 1. The van der Waals surface area contributed by atoms with Gasteiger partial charge in [-0.25, -0.2) is 4.79 Å². The smallest absolute Gasteiger partial charge is 0.404 e. The zero-order valence-electron chi connectivity index (χ0n) is 9.04. The highest BCUT2D eigenvalue weighted by Crippen LogP contribution is 2.31. The zero-order chi connectivity index (χ0) is 12.3. The van der Waals surface area contributed by atoms with Gasteiger partial charge < -0.3 is 25.1 Å². The number of amides is 1. The molecule has 2 atom stereocenters. The van der Waals surface area contributed by atoms with Crippen LogP contribution >= 0.6 is 0 Å². The third-order valence-corrected chi connectivity index (χ3v) is 2.36. The van der Waals surface area contributed by atoms with Crippen molar-refractivity contribution >= 4 is 6.09 Å². The minimum absolute atomic E-state index is 0.195. The van der Waals surface area contributed by atoms with E-state index in [0.717, 1.165) is 0 Å². The van der Waals surface area contributed by atoms with Crippen LogP contribution in [0.2, 0.25) is 0 Å². The number of nitrogens with two attached hydrogens (primary N) is 1. The Morgan fingerprint density at radius 1 is 1.53 bits per heavy atom. The summed E-state index contributed by atoms with van der Waals surface area (Å²) >= 11 is 0. The molecule has 1 aromatic carbocycles. The molecule has 3 N–H and O–H groups in total. The maximum atomic E-state index is 10.4. The fraction of sp³-hybridized carbons (Fsp3) is 0.364. The van der Waals surface area contributed by atoms with Gasteiger partial charge in [0.25, 0.3) is 0 Å². The summed E-state index contributed by atoms with van der Waals surface area (Å²) < 4.78 is 15.4. The first-order valence-electron chi connectivity index (χ1n) is 5.15. The normalized spacial score (nSPS) is 19.5. The third-order valence-electron chi connectivity index (χ3n) is 2.36. The molecule has 0 aliphatic carbocycles. The van der Waals surface area contributed by atoms with Crippen molar-refractivity contribution < 1.29 is 24.1 Å². The number of primary amides is 1. The van der Waals surface area contributed by atoms with E-state index in [1.807, 2.05) is 6.07 Å². The number of rotatable bonds is 3. The van der Waals surface area contributed by atoms with Gasteiger partial charge in [0.2, 0.25) is 0 Å². The Bertz CT molecular complexity index is 409. The lowest BCUT2D eigenvalue weighted by Gasteiger charge is -2.29. The molecule has 1 heterocycles. The number of benzene rings is 1. The van der Waals surface area contributed by atoms with Crippen LogP contribution in [0.15, 0.2) is 24.3 Å². The van der Waals surface area contributed by atoms with Gasteiger partial charge in [0.1, 0.15) is 19.3 Å². The molecule has 0 fully saturated rings. The van der Waals surface area contributed by atoms with Gasteiger partial charge in [-0.3, -0.25) is 0 Å². The van der Waals surface area contributed by atoms with Crippen LogP contribution in [0.1, 0.15) is 0 Å². The van der Waals surface area contributed by atoms with Crippen molar-refractivity contribution in [2.24, 2.45) is 5.73 Å². The molecule has 6 nitrogen and oxygen atoms in total. The molecule has 2 unspecified atom stereocenters. The number of hydrogen-bond acceptors (Lipinski definition) is 5. The Kier molecular flexibility index (Phi) is 3.34. The number of ether oxygens (including phenoxy) is 3. The highest BCUT2D eigenvalue weighted by molar-refractivity contribution is 5.64. The van der Waals surface area contributed by atoms with Crippen molar-refractivity contribution in [2.75, 3.05) is 13.2 Å². The highest BCUT2D eigenvalue weighted by atomic mass is 16.6. The largest absolute Gasteiger partial charge is 0.486 e. The van der Waals surface area contributed by atoms with Gasteiger partial charge in [-0.05, 0) is 12.1 Å². The molecule has 1 aliphatic rings. The Hall–Kier alpha value is -1.95. The molecule has 0 spiro atoms. The first kappa shape index (κ1) is 11.5. The number of aliphatic hydroxyl groups is 1. The van der Waals surface area contributed by atoms with E-state index in [1.54, 1.807) is 18.2 Å². The van der Waals surface area contributed by atoms with E-state index in [1.165, 1.54) is 0 Å². The Balaban J connectivity index is 1.95. The summed E-state index contributed by atoms with van der Waals surface area (Å²) in [7, 11) is 0. The Morgan fingerprint density at radius 2 is 2.24 bits per heavy atom. The fourth-order valence-corrected chi connectivity index (χ4v) is 1.50. The maximum absolute atomic E-state index is 10.4. The molecular weight excluding hydrogens is 226 g/mol. The molecule has 92 valence electrons. The minimum Gasteiger partial charge on any atom is -0.486 e. The molecule has 0 saturated carbocycles. The summed E-state index contributed by atoms with van der Waals surface area (Å²) in [5, 5.41) is 9.71. The van der Waals surface area contributed by atoms with E-state index in [4.69, 9.17) is 15.2 Å². The summed E-state index contributed by atoms with van der Waals surface area (Å²) in [5.41, 5.74) is 4.80. The average molecular weight is 239 g/mol. The standard InChI is InChI=1S/C11H13NO5/c12-11(14)16-5-7(13)10-6-15-8-3-1-2-4-9(8)17-10/h1-4,7,10,13H,5-6H2,(H2,12,14). The number of carbonyl (C=O) groups excluding carboxylic acids is 1. The summed E-state index contributed by atoms with van der Waals surface area (Å²) in [6.07, 6.45) is -2.48. The van der Waals surface area contributed by atoms with Gasteiger partial charge in [0.05, 0.1) is 0 Å². The molecule has 2 rings (SSSR count). The molecule has 1 aliphatic heterocycles. The van der Waals surface area contributed by atoms with Crippen LogP contribution in [0, 0.1) is 0 Å². The Morgan fingerprint density at radius 3 is 2.94 bits per heavy atom. The number of fused-ring (bicyclic) bond motifs is 1. The van der Waals surface area contributed by atoms with Crippen LogP contribution in [0.4, 0.5) is 4.79 Å². The number of hydrogen-bond donors (Lipinski definition) is 2. The molecule has 0 saturated heterocycles. The molecule has 0 aromatic heterocycles. The molecule has 17 heavy (non-hydrogen) atoms. The fourth-order valence-electron chi connectivity index (χ4n) is 1.50. The van der Waals surface area contributed by atoms with Gasteiger partial charge in [0.15, 0.2) is 17.6 Å². The van der Waals surface area contributed by atoms with Gasteiger partial charge in [-0.15, -0.1) is 0 Å². The maximum Gasteiger partial charge on any atom is 0.404 e. The molecule has 0 bridgehead atoms. The third kappa shape index (κ3) is 2.79. The average Bonchev–Trinajstić information content (AvgIpc) is 2.35. The van der Waals surface area contributed by atoms with Crippen molar-refractivity contribution in [1.82, 2.24) is 0 Å². The first-order chi connectivity index (χ1) is 8.16. The van der Waals surface area contributed by atoms with Crippen molar-refractivity contribution in [3.8, 4) is 11.5 Å². The van der Waals surface area contributed by atoms with Crippen molar-refractivity contribution in [3.63, 3.8) is 0 Å². The van der Waals surface area contributed by atoms with Crippen LogP contribution in [0.3, 0.4) is 0 Å². The second-order valence-corrected chi connectivity index (χ2v) is 3.61. The summed E-state index contributed by atoms with van der Waals surface area (Å²) in [4.78, 5) is 10.4. The van der Waals surface area contributed by atoms with Gasteiger partial charge in [0, 0.05) is 0 Å². The SMILES string of the molecule is NC(=O)OCC(O)C1COc2ccccc2O1. The monoisotopic (exact) mass is 239 g/mol. The van der Waals surface area contributed by atoms with E-state index in [-0.39, 0.29) is 13.2 Å². The quantitative estimate of drug-likeness (QED) is 0.790. The van der Waals surface area contributed by atoms with Crippen molar-refractivity contribution in [3.05, 3.63) is 24.3 Å². The summed E-state index contributed by atoms with van der Waals surface area (Å²) in [5.74, 6) is 1.19. The number of aliphatic hydroxyl groups excluding tert-OH is 1. The molecule has 1 aromatic rings. The summed E-state index contributed by atoms with van der Waals surface area (Å²) in [6.45, 7) is -0.0220. The second kappa shape index (κ2) is 4.92. The van der Waals surface area contributed by atoms with Crippen molar-refractivity contribution in [2.45, 2.75) is 12.2 Å². The van der Waals surface area contributed by atoms with Crippen LogP contribution < -0.4 is 15.2 Å².